The minimum absolute atomic E-state index is 0.382. The van der Waals surface area contributed by atoms with Crippen LogP contribution in [0.4, 0.5) is 0 Å². The van der Waals surface area contributed by atoms with Crippen LogP contribution in [0.15, 0.2) is 41.9 Å². The molecular weight excluding hydrogens is 328 g/mol. The van der Waals surface area contributed by atoms with E-state index in [0.29, 0.717) is 5.92 Å². The fraction of sp³-hybridized carbons (Fsp3) is 0.350. The summed E-state index contributed by atoms with van der Waals surface area (Å²) in [5.41, 5.74) is 4.66. The molecule has 0 saturated carbocycles. The summed E-state index contributed by atoms with van der Waals surface area (Å²) < 4.78 is 0. The van der Waals surface area contributed by atoms with Crippen LogP contribution >= 0.6 is 11.3 Å². The molecule has 1 aliphatic heterocycles. The number of nitrogens with zero attached hydrogens (tertiary/aromatic N) is 4. The summed E-state index contributed by atoms with van der Waals surface area (Å²) >= 11 is 1.73. The Morgan fingerprint density at radius 1 is 1.16 bits per heavy atom. The molecule has 0 bridgehead atoms. The van der Waals surface area contributed by atoms with Gasteiger partial charge in [-0.1, -0.05) is 26.0 Å². The Morgan fingerprint density at radius 3 is 2.88 bits per heavy atom. The first-order valence-electron chi connectivity index (χ1n) is 8.76. The lowest BCUT2D eigenvalue weighted by Crippen LogP contribution is -2.31. The maximum atomic E-state index is 4.84. The smallest absolute Gasteiger partial charge is 0.131 e. The van der Waals surface area contributed by atoms with Crippen molar-refractivity contribution in [3.05, 3.63) is 64.7 Å². The molecule has 0 spiro atoms. The van der Waals surface area contributed by atoms with Gasteiger partial charge in [0.1, 0.15) is 5.82 Å². The molecule has 128 valence electrons. The summed E-state index contributed by atoms with van der Waals surface area (Å²) in [6.07, 6.45) is 3.00. The van der Waals surface area contributed by atoms with Gasteiger partial charge in [0.15, 0.2) is 0 Å². The van der Waals surface area contributed by atoms with Crippen molar-refractivity contribution in [2.45, 2.75) is 39.3 Å². The van der Waals surface area contributed by atoms with Crippen LogP contribution in [-0.2, 0) is 19.5 Å². The molecule has 0 saturated heterocycles. The normalized spacial score (nSPS) is 14.7. The monoisotopic (exact) mass is 350 g/mol. The molecule has 0 amide bonds. The van der Waals surface area contributed by atoms with Crippen LogP contribution in [0.5, 0.6) is 0 Å². The molecule has 0 unspecified atom stereocenters. The van der Waals surface area contributed by atoms with E-state index in [1.54, 1.807) is 11.3 Å². The van der Waals surface area contributed by atoms with Gasteiger partial charge in [-0.25, -0.2) is 9.97 Å². The Bertz CT molecular complexity index is 858. The number of thiophene rings is 1. The number of fused-ring (bicyclic) bond motifs is 1. The molecule has 0 aromatic carbocycles. The van der Waals surface area contributed by atoms with Crippen molar-refractivity contribution in [1.82, 2.24) is 19.9 Å². The molecule has 3 aromatic heterocycles. The standard InChI is InChI=1S/C20H22N4S/c1-14(2)20-21-11-15-12-24(9-8-17(15)23-20)13-16-5-3-6-18(22-16)19-7-4-10-25-19/h3-7,10-11,14H,8-9,12-13H2,1-2H3. The molecule has 0 N–H and O–H groups in total. The Morgan fingerprint density at radius 2 is 2.08 bits per heavy atom. The molecule has 0 atom stereocenters. The molecule has 1 aliphatic rings. The van der Waals surface area contributed by atoms with Gasteiger partial charge in [0.2, 0.25) is 0 Å². The summed E-state index contributed by atoms with van der Waals surface area (Å²) in [6.45, 7) is 7.07. The van der Waals surface area contributed by atoms with Crippen molar-refractivity contribution < 1.29 is 0 Å². The van der Waals surface area contributed by atoms with Gasteiger partial charge < -0.3 is 0 Å². The van der Waals surface area contributed by atoms with Gasteiger partial charge in [-0.05, 0) is 23.6 Å². The maximum Gasteiger partial charge on any atom is 0.131 e. The van der Waals surface area contributed by atoms with Gasteiger partial charge in [-0.15, -0.1) is 11.3 Å². The summed E-state index contributed by atoms with van der Waals surface area (Å²) in [7, 11) is 0. The van der Waals surface area contributed by atoms with Crippen LogP contribution in [0.1, 0.15) is 42.5 Å². The highest BCUT2D eigenvalue weighted by atomic mass is 32.1. The quantitative estimate of drug-likeness (QED) is 0.704. The predicted octanol–water partition coefficient (Wildman–Crippen LogP) is 4.28. The maximum absolute atomic E-state index is 4.84. The van der Waals surface area contributed by atoms with Gasteiger partial charge in [-0.3, -0.25) is 9.88 Å². The van der Waals surface area contributed by atoms with Crippen LogP contribution in [0.25, 0.3) is 10.6 Å². The Balaban J connectivity index is 1.49. The molecule has 3 aromatic rings. The minimum atomic E-state index is 0.382. The third kappa shape index (κ3) is 3.62. The Labute approximate surface area is 152 Å². The predicted molar refractivity (Wildman–Crippen MR) is 101 cm³/mol. The lowest BCUT2D eigenvalue weighted by molar-refractivity contribution is 0.239. The van der Waals surface area contributed by atoms with Crippen molar-refractivity contribution in [1.29, 1.82) is 0 Å². The Kier molecular flexibility index (Phi) is 4.59. The van der Waals surface area contributed by atoms with E-state index in [1.807, 2.05) is 6.20 Å². The van der Waals surface area contributed by atoms with E-state index < -0.39 is 0 Å². The molecule has 4 nitrogen and oxygen atoms in total. The molecule has 0 aliphatic carbocycles. The van der Waals surface area contributed by atoms with Gasteiger partial charge in [0, 0.05) is 49.4 Å². The molecule has 5 heteroatoms. The van der Waals surface area contributed by atoms with E-state index in [2.05, 4.69) is 59.4 Å². The largest absolute Gasteiger partial charge is 0.293 e. The first kappa shape index (κ1) is 16.4. The lowest BCUT2D eigenvalue weighted by atomic mass is 10.1. The SMILES string of the molecule is CC(C)c1ncc2c(n1)CCN(Cc1cccc(-c3cccs3)n1)C2. The highest BCUT2D eigenvalue weighted by Crippen LogP contribution is 2.24. The van der Waals surface area contributed by atoms with Gasteiger partial charge in [-0.2, -0.15) is 0 Å². The second-order valence-corrected chi connectivity index (χ2v) is 7.75. The Hall–Kier alpha value is -2.11. The number of hydrogen-bond acceptors (Lipinski definition) is 5. The summed E-state index contributed by atoms with van der Waals surface area (Å²) in [6, 6.07) is 10.5. The molecule has 4 rings (SSSR count). The second kappa shape index (κ2) is 7.02. The van der Waals surface area contributed by atoms with Crippen molar-refractivity contribution in [2.24, 2.45) is 0 Å². The average molecular weight is 350 g/mol. The number of hydrogen-bond donors (Lipinski definition) is 0. The highest BCUT2D eigenvalue weighted by Gasteiger charge is 2.19. The van der Waals surface area contributed by atoms with Crippen LogP contribution in [0, 0.1) is 0 Å². The van der Waals surface area contributed by atoms with E-state index in [-0.39, 0.29) is 0 Å². The van der Waals surface area contributed by atoms with Crippen molar-refractivity contribution in [3.63, 3.8) is 0 Å². The molecular formula is C20H22N4S. The first-order chi connectivity index (χ1) is 12.2. The number of pyridine rings is 1. The van der Waals surface area contributed by atoms with Crippen molar-refractivity contribution >= 4 is 11.3 Å². The second-order valence-electron chi connectivity index (χ2n) is 6.81. The summed E-state index contributed by atoms with van der Waals surface area (Å²) in [5, 5.41) is 2.09. The van der Waals surface area contributed by atoms with E-state index in [9.17, 15) is 0 Å². The third-order valence-corrected chi connectivity index (χ3v) is 5.41. The summed E-state index contributed by atoms with van der Waals surface area (Å²) in [4.78, 5) is 17.8. The lowest BCUT2D eigenvalue weighted by Gasteiger charge is -2.28. The van der Waals surface area contributed by atoms with E-state index in [4.69, 9.17) is 9.97 Å². The number of rotatable bonds is 4. The van der Waals surface area contributed by atoms with Gasteiger partial charge >= 0.3 is 0 Å². The zero-order valence-corrected chi connectivity index (χ0v) is 15.5. The fourth-order valence-corrected chi connectivity index (χ4v) is 3.86. The van der Waals surface area contributed by atoms with Crippen molar-refractivity contribution in [2.75, 3.05) is 6.54 Å². The third-order valence-electron chi connectivity index (χ3n) is 4.51. The summed E-state index contributed by atoms with van der Waals surface area (Å²) in [5.74, 6) is 1.34. The van der Waals surface area contributed by atoms with Gasteiger partial charge in [0.05, 0.1) is 16.3 Å². The van der Waals surface area contributed by atoms with Crippen LogP contribution in [-0.4, -0.2) is 26.4 Å². The number of aromatic nitrogens is 3. The molecule has 0 radical (unpaired) electrons. The van der Waals surface area contributed by atoms with E-state index in [1.165, 1.54) is 16.1 Å². The first-order valence-corrected chi connectivity index (χ1v) is 9.64. The van der Waals surface area contributed by atoms with Crippen LogP contribution in [0.3, 0.4) is 0 Å². The van der Waals surface area contributed by atoms with Crippen molar-refractivity contribution in [3.8, 4) is 10.6 Å². The van der Waals surface area contributed by atoms with E-state index >= 15 is 0 Å². The zero-order chi connectivity index (χ0) is 17.2. The highest BCUT2D eigenvalue weighted by molar-refractivity contribution is 7.13. The van der Waals surface area contributed by atoms with Crippen LogP contribution in [0.2, 0.25) is 0 Å². The fourth-order valence-electron chi connectivity index (χ4n) is 3.16. The minimum Gasteiger partial charge on any atom is -0.293 e. The van der Waals surface area contributed by atoms with Gasteiger partial charge in [0.25, 0.3) is 0 Å². The molecule has 25 heavy (non-hydrogen) atoms. The average Bonchev–Trinajstić information content (AvgIpc) is 3.16. The molecule has 4 heterocycles. The van der Waals surface area contributed by atoms with Crippen LogP contribution < -0.4 is 0 Å². The zero-order valence-electron chi connectivity index (χ0n) is 14.6. The van der Waals surface area contributed by atoms with E-state index in [0.717, 1.165) is 43.3 Å². The topological polar surface area (TPSA) is 41.9 Å². The molecule has 0 fully saturated rings.